The molecule has 0 saturated carbocycles. The largest absolute Gasteiger partial charge is 0.374 e. The second-order valence-corrected chi connectivity index (χ2v) is 8.55. The molecule has 5 nitrogen and oxygen atoms in total. The summed E-state index contributed by atoms with van der Waals surface area (Å²) in [6.07, 6.45) is 0.825. The Balaban J connectivity index is 1.81. The normalized spacial score (nSPS) is 20.6. The van der Waals surface area contributed by atoms with E-state index in [1.807, 2.05) is 65.0 Å². The van der Waals surface area contributed by atoms with Gasteiger partial charge in [-0.2, -0.15) is 0 Å². The van der Waals surface area contributed by atoms with E-state index in [4.69, 9.17) is 18.9 Å². The number of ketones is 1. The molecule has 0 amide bonds. The summed E-state index contributed by atoms with van der Waals surface area (Å²) in [4.78, 5) is 12.1. The monoisotopic (exact) mass is 378 g/mol. The molecule has 0 bridgehead atoms. The van der Waals surface area contributed by atoms with Gasteiger partial charge in [-0.25, -0.2) is 0 Å². The maximum atomic E-state index is 12.1. The molecule has 27 heavy (non-hydrogen) atoms. The molecule has 2 rings (SSSR count). The van der Waals surface area contributed by atoms with Gasteiger partial charge in [0.1, 0.15) is 18.0 Å². The number of Topliss-reactive ketones (excluding diaryl/α,β-unsaturated/α-hetero) is 1. The Morgan fingerprint density at radius 1 is 1.26 bits per heavy atom. The first-order valence-electron chi connectivity index (χ1n) is 9.76. The molecule has 1 aromatic carbocycles. The van der Waals surface area contributed by atoms with Gasteiger partial charge in [0.05, 0.1) is 19.8 Å². The van der Waals surface area contributed by atoms with E-state index in [9.17, 15) is 4.79 Å². The van der Waals surface area contributed by atoms with Crippen LogP contribution in [0, 0.1) is 5.41 Å². The van der Waals surface area contributed by atoms with Gasteiger partial charge in [-0.1, -0.05) is 51.1 Å². The van der Waals surface area contributed by atoms with Crippen LogP contribution in [0.1, 0.15) is 53.0 Å². The first-order chi connectivity index (χ1) is 12.7. The molecule has 0 spiro atoms. The molecular weight excluding hydrogens is 344 g/mol. The van der Waals surface area contributed by atoms with Gasteiger partial charge in [0, 0.05) is 18.4 Å². The maximum absolute atomic E-state index is 12.1. The minimum Gasteiger partial charge on any atom is -0.374 e. The lowest BCUT2D eigenvalue weighted by Gasteiger charge is -2.25. The zero-order chi connectivity index (χ0) is 19.9. The summed E-state index contributed by atoms with van der Waals surface area (Å²) in [6.45, 7) is 11.6. The Morgan fingerprint density at radius 2 is 1.96 bits per heavy atom. The van der Waals surface area contributed by atoms with Gasteiger partial charge in [-0.05, 0) is 25.8 Å². The van der Waals surface area contributed by atoms with E-state index in [0.29, 0.717) is 39.3 Å². The molecule has 1 aliphatic rings. The van der Waals surface area contributed by atoms with Crippen molar-refractivity contribution in [2.45, 2.75) is 72.1 Å². The van der Waals surface area contributed by atoms with E-state index in [1.54, 1.807) is 0 Å². The minimum atomic E-state index is -0.603. The van der Waals surface area contributed by atoms with Crippen LogP contribution in [0.25, 0.3) is 0 Å². The number of hydrogen-bond acceptors (Lipinski definition) is 5. The third-order valence-electron chi connectivity index (χ3n) is 4.56. The highest BCUT2D eigenvalue weighted by Gasteiger charge is 2.38. The Labute approximate surface area is 163 Å². The van der Waals surface area contributed by atoms with Gasteiger partial charge in [-0.15, -0.1) is 0 Å². The summed E-state index contributed by atoms with van der Waals surface area (Å²) in [5.41, 5.74) is 0.820. The van der Waals surface area contributed by atoms with Crippen molar-refractivity contribution >= 4 is 5.78 Å². The minimum absolute atomic E-state index is 0.172. The van der Waals surface area contributed by atoms with Gasteiger partial charge >= 0.3 is 0 Å². The van der Waals surface area contributed by atoms with E-state index in [-0.39, 0.29) is 23.4 Å². The highest BCUT2D eigenvalue weighted by molar-refractivity contribution is 5.83. The Morgan fingerprint density at radius 3 is 2.56 bits per heavy atom. The van der Waals surface area contributed by atoms with Crippen LogP contribution in [0.2, 0.25) is 0 Å². The molecule has 1 aromatic rings. The average molecular weight is 379 g/mol. The van der Waals surface area contributed by atoms with Crippen LogP contribution in [-0.2, 0) is 30.3 Å². The number of rotatable bonds is 10. The molecule has 1 aliphatic heterocycles. The molecule has 5 heteroatoms. The van der Waals surface area contributed by atoms with E-state index in [1.165, 1.54) is 0 Å². The van der Waals surface area contributed by atoms with Crippen molar-refractivity contribution < 1.29 is 23.7 Å². The van der Waals surface area contributed by atoms with Crippen LogP contribution >= 0.6 is 0 Å². The number of carbonyl (C=O) groups excluding carboxylic acids is 1. The van der Waals surface area contributed by atoms with Crippen LogP contribution in [0.3, 0.4) is 0 Å². The van der Waals surface area contributed by atoms with Crippen molar-refractivity contribution in [3.8, 4) is 0 Å². The van der Waals surface area contributed by atoms with E-state index >= 15 is 0 Å². The molecule has 0 radical (unpaired) electrons. The number of ether oxygens (including phenoxy) is 4. The van der Waals surface area contributed by atoms with Crippen molar-refractivity contribution in [1.29, 1.82) is 0 Å². The maximum Gasteiger partial charge on any atom is 0.163 e. The van der Waals surface area contributed by atoms with Crippen LogP contribution < -0.4 is 0 Å². The molecule has 2 unspecified atom stereocenters. The Kier molecular flexibility index (Phi) is 7.98. The number of benzene rings is 1. The smallest absolute Gasteiger partial charge is 0.163 e. The predicted molar refractivity (Wildman–Crippen MR) is 104 cm³/mol. The summed E-state index contributed by atoms with van der Waals surface area (Å²) in [6, 6.07) is 10.0. The fourth-order valence-corrected chi connectivity index (χ4v) is 2.87. The van der Waals surface area contributed by atoms with Crippen molar-refractivity contribution in [3.63, 3.8) is 0 Å². The Bertz CT molecular complexity index is 576. The summed E-state index contributed by atoms with van der Waals surface area (Å²) in [5, 5.41) is 0. The molecule has 0 aliphatic carbocycles. The van der Waals surface area contributed by atoms with Crippen LogP contribution in [0.15, 0.2) is 30.3 Å². The van der Waals surface area contributed by atoms with E-state index < -0.39 is 5.79 Å². The number of hydrogen-bond donors (Lipinski definition) is 0. The van der Waals surface area contributed by atoms with Crippen molar-refractivity contribution in [1.82, 2.24) is 0 Å². The summed E-state index contributed by atoms with van der Waals surface area (Å²) >= 11 is 0. The van der Waals surface area contributed by atoms with Gasteiger partial charge in [-0.3, -0.25) is 4.79 Å². The van der Waals surface area contributed by atoms with Gasteiger partial charge in [0.25, 0.3) is 0 Å². The second-order valence-electron chi connectivity index (χ2n) is 8.55. The predicted octanol–water partition coefficient (Wildman–Crippen LogP) is 4.14. The van der Waals surface area contributed by atoms with Gasteiger partial charge in [0.15, 0.2) is 5.79 Å². The summed E-state index contributed by atoms with van der Waals surface area (Å²) in [5.74, 6) is -0.349. The quantitative estimate of drug-likeness (QED) is 0.573. The molecule has 1 saturated heterocycles. The second kappa shape index (κ2) is 9.78. The third-order valence-corrected chi connectivity index (χ3v) is 4.56. The highest BCUT2D eigenvalue weighted by Crippen LogP contribution is 2.26. The third kappa shape index (κ3) is 7.70. The lowest BCUT2D eigenvalue weighted by atomic mass is 9.88. The lowest BCUT2D eigenvalue weighted by molar-refractivity contribution is -0.164. The standard InChI is InChI=1S/C22H34O5/c1-21(2,3)20(23)12-9-13-25-18(19-16-26-22(4,5)27-19)15-24-14-17-10-7-6-8-11-17/h6-8,10-11,18-19H,9,12-16H2,1-5H3. The summed E-state index contributed by atoms with van der Waals surface area (Å²) < 4.78 is 23.5. The first-order valence-corrected chi connectivity index (χ1v) is 9.76. The van der Waals surface area contributed by atoms with Gasteiger partial charge in [0.2, 0.25) is 0 Å². The van der Waals surface area contributed by atoms with Crippen molar-refractivity contribution in [2.75, 3.05) is 19.8 Å². The zero-order valence-corrected chi connectivity index (χ0v) is 17.3. The van der Waals surface area contributed by atoms with Crippen LogP contribution in [-0.4, -0.2) is 43.6 Å². The fraction of sp³-hybridized carbons (Fsp3) is 0.682. The van der Waals surface area contributed by atoms with E-state index in [2.05, 4.69) is 0 Å². The molecule has 1 heterocycles. The SMILES string of the molecule is CC1(C)OCC(C(COCc2ccccc2)OCCCC(=O)C(C)(C)C)O1. The molecule has 152 valence electrons. The summed E-state index contributed by atoms with van der Waals surface area (Å²) in [7, 11) is 0. The molecule has 2 atom stereocenters. The first kappa shape index (κ1) is 22.0. The number of carbonyl (C=O) groups is 1. The van der Waals surface area contributed by atoms with E-state index in [0.717, 1.165) is 5.56 Å². The van der Waals surface area contributed by atoms with Crippen molar-refractivity contribution in [2.24, 2.45) is 5.41 Å². The van der Waals surface area contributed by atoms with Crippen molar-refractivity contribution in [3.05, 3.63) is 35.9 Å². The molecule has 0 N–H and O–H groups in total. The topological polar surface area (TPSA) is 54.0 Å². The highest BCUT2D eigenvalue weighted by atomic mass is 16.7. The average Bonchev–Trinajstić information content (AvgIpc) is 2.96. The molecular formula is C22H34O5. The van der Waals surface area contributed by atoms with Crippen LogP contribution in [0.4, 0.5) is 0 Å². The van der Waals surface area contributed by atoms with Crippen LogP contribution in [0.5, 0.6) is 0 Å². The molecule has 1 fully saturated rings. The zero-order valence-electron chi connectivity index (χ0n) is 17.3. The Hall–Kier alpha value is -1.27. The molecule has 0 aromatic heterocycles. The lowest BCUT2D eigenvalue weighted by Crippen LogP contribution is -2.37. The fourth-order valence-electron chi connectivity index (χ4n) is 2.87. The van der Waals surface area contributed by atoms with Gasteiger partial charge < -0.3 is 18.9 Å².